The van der Waals surface area contributed by atoms with Crippen molar-refractivity contribution in [2.75, 3.05) is 7.11 Å². The molecule has 0 amide bonds. The number of furan rings is 1. The predicted octanol–water partition coefficient (Wildman–Crippen LogP) is 2.12. The van der Waals surface area contributed by atoms with Crippen LogP contribution in [0.1, 0.15) is 29.5 Å². The molecule has 4 heteroatoms. The van der Waals surface area contributed by atoms with Crippen molar-refractivity contribution in [2.45, 2.75) is 25.9 Å². The Balaban J connectivity index is 2.46. The smallest absolute Gasteiger partial charge is 0.341 e. The number of carbonyl (C=O) groups is 1. The molecule has 1 rings (SSSR count). The summed E-state index contributed by atoms with van der Waals surface area (Å²) < 4.78 is 9.81. The zero-order chi connectivity index (χ0) is 12.0. The molecule has 0 aliphatic rings. The Kier molecular flexibility index (Phi) is 4.79. The fraction of sp³-hybridized carbons (Fsp3) is 0.417. The third-order valence-electron chi connectivity index (χ3n) is 2.22. The summed E-state index contributed by atoms with van der Waals surface area (Å²) in [5.74, 6) is 0.338. The molecule has 0 aromatic carbocycles. The third-order valence-corrected chi connectivity index (χ3v) is 2.22. The summed E-state index contributed by atoms with van der Waals surface area (Å²) in [6, 6.07) is 2.02. The van der Waals surface area contributed by atoms with E-state index >= 15 is 0 Å². The predicted molar refractivity (Wildman–Crippen MR) is 61.2 cm³/mol. The van der Waals surface area contributed by atoms with Gasteiger partial charge in [-0.25, -0.2) is 4.79 Å². The fourth-order valence-electron chi connectivity index (χ4n) is 1.31. The van der Waals surface area contributed by atoms with Crippen molar-refractivity contribution < 1.29 is 13.9 Å². The first-order chi connectivity index (χ1) is 7.67. The van der Waals surface area contributed by atoms with Gasteiger partial charge in [-0.3, -0.25) is 0 Å². The van der Waals surface area contributed by atoms with Crippen LogP contribution in [0.15, 0.2) is 29.4 Å². The monoisotopic (exact) mass is 223 g/mol. The van der Waals surface area contributed by atoms with E-state index in [9.17, 15) is 4.79 Å². The van der Waals surface area contributed by atoms with Crippen LogP contribution in [0.4, 0.5) is 0 Å². The Bertz CT molecular complexity index is 357. The molecule has 0 saturated carbocycles. The first kappa shape index (κ1) is 12.5. The topological polar surface area (TPSA) is 51.5 Å². The molecule has 4 nitrogen and oxygen atoms in total. The average molecular weight is 223 g/mol. The van der Waals surface area contributed by atoms with Crippen LogP contribution in [0.5, 0.6) is 0 Å². The summed E-state index contributed by atoms with van der Waals surface area (Å²) in [5, 5.41) is 3.25. The van der Waals surface area contributed by atoms with Crippen LogP contribution in [-0.4, -0.2) is 19.1 Å². The van der Waals surface area contributed by atoms with E-state index in [1.807, 2.05) is 6.08 Å². The zero-order valence-corrected chi connectivity index (χ0v) is 9.66. The Labute approximate surface area is 95.3 Å². The summed E-state index contributed by atoms with van der Waals surface area (Å²) in [6.45, 7) is 6.32. The quantitative estimate of drug-likeness (QED) is 0.593. The molecular weight excluding hydrogens is 206 g/mol. The normalized spacial score (nSPS) is 12.1. The fourth-order valence-corrected chi connectivity index (χ4v) is 1.31. The average Bonchev–Trinajstić information content (AvgIpc) is 2.74. The van der Waals surface area contributed by atoms with Crippen LogP contribution < -0.4 is 5.32 Å². The minimum atomic E-state index is -0.380. The first-order valence-electron chi connectivity index (χ1n) is 5.17. The number of methoxy groups -OCH3 is 1. The first-order valence-corrected chi connectivity index (χ1v) is 5.17. The molecule has 1 heterocycles. The van der Waals surface area contributed by atoms with Crippen molar-refractivity contribution in [3.05, 3.63) is 36.3 Å². The van der Waals surface area contributed by atoms with Gasteiger partial charge in [0.2, 0.25) is 0 Å². The van der Waals surface area contributed by atoms with E-state index < -0.39 is 0 Å². The molecule has 1 atom stereocenters. The van der Waals surface area contributed by atoms with Crippen LogP contribution in [0, 0.1) is 0 Å². The number of rotatable bonds is 6. The minimum absolute atomic E-state index is 0.337. The van der Waals surface area contributed by atoms with Gasteiger partial charge >= 0.3 is 5.97 Å². The van der Waals surface area contributed by atoms with Crippen LogP contribution in [0.25, 0.3) is 0 Å². The van der Waals surface area contributed by atoms with E-state index in [-0.39, 0.29) is 5.97 Å². The van der Waals surface area contributed by atoms with Crippen molar-refractivity contribution >= 4 is 5.97 Å². The van der Waals surface area contributed by atoms with Gasteiger partial charge in [0.25, 0.3) is 0 Å². The van der Waals surface area contributed by atoms with Crippen molar-refractivity contribution in [3.8, 4) is 0 Å². The lowest BCUT2D eigenvalue weighted by Crippen LogP contribution is -2.24. The van der Waals surface area contributed by atoms with Gasteiger partial charge in [0, 0.05) is 6.04 Å². The highest BCUT2D eigenvalue weighted by atomic mass is 16.5. The lowest BCUT2D eigenvalue weighted by Gasteiger charge is -2.09. The molecule has 88 valence electrons. The maximum absolute atomic E-state index is 11.2. The Morgan fingerprint density at radius 1 is 1.75 bits per heavy atom. The van der Waals surface area contributed by atoms with Gasteiger partial charge in [-0.2, -0.15) is 0 Å². The molecule has 0 spiro atoms. The van der Waals surface area contributed by atoms with Crippen molar-refractivity contribution in [1.82, 2.24) is 5.32 Å². The van der Waals surface area contributed by atoms with Crippen LogP contribution in [-0.2, 0) is 11.3 Å². The number of esters is 1. The van der Waals surface area contributed by atoms with Gasteiger partial charge in [0.05, 0.1) is 19.2 Å². The highest BCUT2D eigenvalue weighted by molar-refractivity contribution is 5.88. The number of nitrogens with one attached hydrogen (secondary N) is 1. The lowest BCUT2D eigenvalue weighted by atomic mass is 10.2. The summed E-state index contributed by atoms with van der Waals surface area (Å²) in [4.78, 5) is 11.2. The van der Waals surface area contributed by atoms with Gasteiger partial charge in [-0.1, -0.05) is 6.08 Å². The standard InChI is InChI=1S/C12H17NO3/c1-4-5-9(2)13-7-11-6-10(8-16-11)12(14)15-3/h4,6,8-9,13H,1,5,7H2,2-3H3. The molecule has 16 heavy (non-hydrogen) atoms. The van der Waals surface area contributed by atoms with Gasteiger partial charge in [0.1, 0.15) is 12.0 Å². The van der Waals surface area contributed by atoms with Gasteiger partial charge in [-0.05, 0) is 19.4 Å². The molecule has 1 unspecified atom stereocenters. The van der Waals surface area contributed by atoms with E-state index in [2.05, 4.69) is 23.6 Å². The van der Waals surface area contributed by atoms with Crippen LogP contribution in [0.2, 0.25) is 0 Å². The van der Waals surface area contributed by atoms with E-state index in [0.717, 1.165) is 12.2 Å². The summed E-state index contributed by atoms with van der Waals surface area (Å²) in [5.41, 5.74) is 0.440. The van der Waals surface area contributed by atoms with Crippen molar-refractivity contribution in [1.29, 1.82) is 0 Å². The molecule has 0 aliphatic heterocycles. The Morgan fingerprint density at radius 3 is 3.12 bits per heavy atom. The molecule has 0 bridgehead atoms. The number of carbonyl (C=O) groups excluding carboxylic acids is 1. The number of hydrogen-bond donors (Lipinski definition) is 1. The number of hydrogen-bond acceptors (Lipinski definition) is 4. The zero-order valence-electron chi connectivity index (χ0n) is 9.66. The Hall–Kier alpha value is -1.55. The summed E-state index contributed by atoms with van der Waals surface area (Å²) in [7, 11) is 1.35. The van der Waals surface area contributed by atoms with Crippen LogP contribution in [0.3, 0.4) is 0 Å². The van der Waals surface area contributed by atoms with Crippen molar-refractivity contribution in [2.24, 2.45) is 0 Å². The van der Waals surface area contributed by atoms with Gasteiger partial charge in [0.15, 0.2) is 0 Å². The minimum Gasteiger partial charge on any atom is -0.467 e. The third kappa shape index (κ3) is 3.55. The maximum atomic E-state index is 11.2. The molecule has 1 aromatic heterocycles. The second-order valence-electron chi connectivity index (χ2n) is 3.60. The van der Waals surface area contributed by atoms with Crippen LogP contribution >= 0.6 is 0 Å². The Morgan fingerprint density at radius 2 is 2.50 bits per heavy atom. The largest absolute Gasteiger partial charge is 0.467 e. The van der Waals surface area contributed by atoms with Gasteiger partial charge in [-0.15, -0.1) is 6.58 Å². The molecule has 1 aromatic rings. The highest BCUT2D eigenvalue weighted by Gasteiger charge is 2.10. The molecule has 0 radical (unpaired) electrons. The maximum Gasteiger partial charge on any atom is 0.341 e. The molecular formula is C12H17NO3. The molecule has 0 aliphatic carbocycles. The molecule has 1 N–H and O–H groups in total. The molecule has 0 fully saturated rings. The van der Waals surface area contributed by atoms with E-state index in [0.29, 0.717) is 18.2 Å². The second kappa shape index (κ2) is 6.12. The number of ether oxygens (including phenoxy) is 1. The van der Waals surface area contributed by atoms with E-state index in [1.54, 1.807) is 6.07 Å². The SMILES string of the molecule is C=CCC(C)NCc1cc(C(=O)OC)co1. The lowest BCUT2D eigenvalue weighted by molar-refractivity contribution is 0.0600. The summed E-state index contributed by atoms with van der Waals surface area (Å²) >= 11 is 0. The van der Waals surface area contributed by atoms with E-state index in [4.69, 9.17) is 4.42 Å². The van der Waals surface area contributed by atoms with Gasteiger partial charge < -0.3 is 14.5 Å². The highest BCUT2D eigenvalue weighted by Crippen LogP contribution is 2.09. The van der Waals surface area contributed by atoms with Crippen molar-refractivity contribution in [3.63, 3.8) is 0 Å². The molecule has 0 saturated heterocycles. The van der Waals surface area contributed by atoms with E-state index in [1.165, 1.54) is 13.4 Å². The summed E-state index contributed by atoms with van der Waals surface area (Å²) in [6.07, 6.45) is 4.16. The second-order valence-corrected chi connectivity index (χ2v) is 3.60.